The van der Waals surface area contributed by atoms with E-state index in [1.54, 1.807) is 42.5 Å². The van der Waals surface area contributed by atoms with E-state index in [0.717, 1.165) is 22.8 Å². The molecule has 0 saturated carbocycles. The van der Waals surface area contributed by atoms with E-state index in [1.807, 2.05) is 6.92 Å². The summed E-state index contributed by atoms with van der Waals surface area (Å²) >= 11 is 0. The molecule has 1 nitrogen and oxygen atoms in total. The van der Waals surface area contributed by atoms with Gasteiger partial charge in [-0.1, -0.05) is 30.3 Å². The highest BCUT2D eigenvalue weighted by atomic mass is 19.2. The van der Waals surface area contributed by atoms with Gasteiger partial charge in [0.05, 0.1) is 11.6 Å². The minimum absolute atomic E-state index is 0.468. The van der Waals surface area contributed by atoms with Gasteiger partial charge >= 0.3 is 0 Å². The number of nitrogens with zero attached hydrogens (tertiary/aromatic N) is 1. The molecule has 94 valence electrons. The van der Waals surface area contributed by atoms with Crippen molar-refractivity contribution in [1.82, 2.24) is 0 Å². The number of rotatable bonds is 2. The minimum Gasteiger partial charge on any atom is -0.192 e. The molecule has 0 amide bonds. The molecular weight excluding hydrogens is 243 g/mol. The van der Waals surface area contributed by atoms with Gasteiger partial charge in [-0.15, -0.1) is 0 Å². The highest BCUT2D eigenvalue weighted by Gasteiger charge is 2.07. The molecule has 0 aromatic heterocycles. The normalized spacial score (nSPS) is 11.2. The van der Waals surface area contributed by atoms with Crippen molar-refractivity contribution in [2.24, 2.45) is 0 Å². The average molecular weight is 254 g/mol. The van der Waals surface area contributed by atoms with E-state index in [2.05, 4.69) is 6.07 Å². The zero-order valence-electron chi connectivity index (χ0n) is 10.3. The smallest absolute Gasteiger partial charge is 0.192 e. The Morgan fingerprint density at radius 3 is 2.47 bits per heavy atom. The largest absolute Gasteiger partial charge is 0.270 e. The predicted octanol–water partition coefficient (Wildman–Crippen LogP) is 4.77. The SMILES string of the molecule is Cc1cc(C#N)ccc1-c1ccccc1/C=C(\F)[18F]. The Balaban J connectivity index is 2.60. The molecule has 2 aromatic rings. The summed E-state index contributed by atoms with van der Waals surface area (Å²) in [6.07, 6.45) is -0.869. The fraction of sp³-hybridized carbons (Fsp3) is 0.0625. The summed E-state index contributed by atoms with van der Waals surface area (Å²) in [4.78, 5) is 0. The van der Waals surface area contributed by atoms with Crippen LogP contribution in [0.4, 0.5) is 8.78 Å². The predicted molar refractivity (Wildman–Crippen MR) is 71.5 cm³/mol. The second-order valence-corrected chi connectivity index (χ2v) is 4.16. The highest BCUT2D eigenvalue weighted by molar-refractivity contribution is 5.77. The minimum atomic E-state index is -1.72. The summed E-state index contributed by atoms with van der Waals surface area (Å²) in [5, 5.41) is 8.84. The third-order valence-corrected chi connectivity index (χ3v) is 2.87. The van der Waals surface area contributed by atoms with Gasteiger partial charge in [0, 0.05) is 6.08 Å². The van der Waals surface area contributed by atoms with Gasteiger partial charge < -0.3 is 0 Å². The molecule has 3 heteroatoms. The van der Waals surface area contributed by atoms with Crippen molar-refractivity contribution in [2.75, 3.05) is 0 Å². The summed E-state index contributed by atoms with van der Waals surface area (Å²) in [6, 6.07) is 14.3. The van der Waals surface area contributed by atoms with Crippen LogP contribution in [0.2, 0.25) is 0 Å². The van der Waals surface area contributed by atoms with Crippen LogP contribution in [0, 0.1) is 18.3 Å². The zero-order chi connectivity index (χ0) is 13.8. The lowest BCUT2D eigenvalue weighted by Crippen LogP contribution is -1.88. The number of nitriles is 1. The molecule has 0 aliphatic heterocycles. The fourth-order valence-corrected chi connectivity index (χ4v) is 2.02. The second kappa shape index (κ2) is 5.45. The number of aryl methyl sites for hydroxylation is 1. The average Bonchev–Trinajstić information content (AvgIpc) is 2.39. The van der Waals surface area contributed by atoms with Crippen molar-refractivity contribution < 1.29 is 8.78 Å². The molecule has 2 aromatic carbocycles. The van der Waals surface area contributed by atoms with Gasteiger partial charge in [-0.2, -0.15) is 14.0 Å². The Kier molecular flexibility index (Phi) is 3.72. The molecule has 0 bridgehead atoms. The van der Waals surface area contributed by atoms with Gasteiger partial charge in [-0.3, -0.25) is 0 Å². The number of hydrogen-bond acceptors (Lipinski definition) is 1. The highest BCUT2D eigenvalue weighted by Crippen LogP contribution is 2.29. The van der Waals surface area contributed by atoms with E-state index in [-0.39, 0.29) is 0 Å². The van der Waals surface area contributed by atoms with Gasteiger partial charge in [0.25, 0.3) is 6.08 Å². The molecule has 0 fully saturated rings. The van der Waals surface area contributed by atoms with Crippen molar-refractivity contribution in [3.8, 4) is 17.2 Å². The molecular formula is C16H11F2N. The zero-order valence-corrected chi connectivity index (χ0v) is 10.3. The molecule has 0 radical (unpaired) electrons. The van der Waals surface area contributed by atoms with Crippen LogP contribution in [0.3, 0.4) is 0 Å². The third kappa shape index (κ3) is 2.86. The Morgan fingerprint density at radius 2 is 1.84 bits per heavy atom. The van der Waals surface area contributed by atoms with E-state index >= 15 is 0 Å². The lowest BCUT2D eigenvalue weighted by molar-refractivity contribution is 0.429. The molecule has 0 aliphatic carbocycles. The first kappa shape index (κ1) is 13.0. The maximum absolute atomic E-state index is 12.5. The molecule has 19 heavy (non-hydrogen) atoms. The van der Waals surface area contributed by atoms with E-state index in [1.165, 1.54) is 0 Å². The van der Waals surface area contributed by atoms with Crippen LogP contribution < -0.4 is 0 Å². The maximum Gasteiger partial charge on any atom is 0.270 e. The van der Waals surface area contributed by atoms with Crippen molar-refractivity contribution >= 4 is 6.08 Å². The van der Waals surface area contributed by atoms with Crippen LogP contribution in [-0.4, -0.2) is 0 Å². The molecule has 0 aliphatic rings. The van der Waals surface area contributed by atoms with Gasteiger partial charge in [0.1, 0.15) is 0 Å². The van der Waals surface area contributed by atoms with E-state index in [4.69, 9.17) is 5.26 Å². The van der Waals surface area contributed by atoms with Crippen LogP contribution in [0.25, 0.3) is 17.2 Å². The van der Waals surface area contributed by atoms with Crippen molar-refractivity contribution in [1.29, 1.82) is 5.26 Å². The van der Waals surface area contributed by atoms with Crippen molar-refractivity contribution in [3.63, 3.8) is 0 Å². The number of hydrogen-bond donors (Lipinski definition) is 0. The molecule has 0 N–H and O–H groups in total. The topological polar surface area (TPSA) is 23.8 Å². The maximum atomic E-state index is 12.5. The standard InChI is InChI=1S/C16H11F2N/c1-11-8-12(10-19)6-7-14(11)15-5-3-2-4-13(15)9-16(17)18/h2-9H,1H3/i17-1/b16-9-. The summed E-state index contributed by atoms with van der Waals surface area (Å²) in [5.41, 5.74) is 3.50. The summed E-state index contributed by atoms with van der Waals surface area (Å²) < 4.78 is 24.9. The quantitative estimate of drug-likeness (QED) is 0.757. The molecule has 0 atom stereocenters. The Hall–Kier alpha value is -2.47. The molecule has 2 rings (SSSR count). The Bertz CT molecular complexity index is 677. The van der Waals surface area contributed by atoms with Crippen molar-refractivity contribution in [3.05, 3.63) is 65.2 Å². The lowest BCUT2D eigenvalue weighted by atomic mass is 9.95. The molecule has 0 unspecified atom stereocenters. The monoisotopic (exact) mass is 254 g/mol. The number of halogens is 2. The number of benzene rings is 2. The van der Waals surface area contributed by atoms with Crippen LogP contribution >= 0.6 is 0 Å². The molecule has 0 heterocycles. The lowest BCUT2D eigenvalue weighted by Gasteiger charge is -2.09. The first-order chi connectivity index (χ1) is 9.11. The summed E-state index contributed by atoms with van der Waals surface area (Å²) in [7, 11) is 0. The van der Waals surface area contributed by atoms with E-state index < -0.39 is 6.08 Å². The van der Waals surface area contributed by atoms with E-state index in [9.17, 15) is 8.78 Å². The summed E-state index contributed by atoms with van der Waals surface area (Å²) in [5.74, 6) is 0. The van der Waals surface area contributed by atoms with E-state index in [0.29, 0.717) is 11.1 Å². The second-order valence-electron chi connectivity index (χ2n) is 4.16. The van der Waals surface area contributed by atoms with Gasteiger partial charge in [-0.05, 0) is 41.3 Å². The first-order valence-electron chi connectivity index (χ1n) is 5.74. The Labute approximate surface area is 110 Å². The van der Waals surface area contributed by atoms with Crippen LogP contribution in [0.5, 0.6) is 0 Å². The first-order valence-corrected chi connectivity index (χ1v) is 5.74. The molecule has 0 spiro atoms. The third-order valence-electron chi connectivity index (χ3n) is 2.87. The van der Waals surface area contributed by atoms with Crippen LogP contribution in [0.1, 0.15) is 16.7 Å². The van der Waals surface area contributed by atoms with Crippen molar-refractivity contribution in [2.45, 2.75) is 6.92 Å². The van der Waals surface area contributed by atoms with Gasteiger partial charge in [0.2, 0.25) is 0 Å². The van der Waals surface area contributed by atoms with Crippen LogP contribution in [-0.2, 0) is 0 Å². The van der Waals surface area contributed by atoms with Gasteiger partial charge in [-0.25, -0.2) is 0 Å². The van der Waals surface area contributed by atoms with Crippen LogP contribution in [0.15, 0.2) is 48.5 Å². The molecule has 0 saturated heterocycles. The summed E-state index contributed by atoms with van der Waals surface area (Å²) in [6.45, 7) is 1.86. The van der Waals surface area contributed by atoms with Gasteiger partial charge in [0.15, 0.2) is 0 Å². The fourth-order valence-electron chi connectivity index (χ4n) is 2.02. The Morgan fingerprint density at radius 1 is 1.11 bits per heavy atom.